The minimum Gasteiger partial charge on any atom is -0.332 e. The van der Waals surface area contributed by atoms with Crippen LogP contribution in [0.3, 0.4) is 0 Å². The molecule has 7 heteroatoms. The number of aromatic nitrogens is 3. The summed E-state index contributed by atoms with van der Waals surface area (Å²) < 4.78 is 5.21. The molecule has 0 amide bonds. The van der Waals surface area contributed by atoms with Crippen molar-refractivity contribution in [3.05, 3.63) is 16.2 Å². The molecule has 0 unspecified atom stereocenters. The molecule has 0 fully saturated rings. The van der Waals surface area contributed by atoms with Crippen LogP contribution < -0.4 is 5.73 Å². The van der Waals surface area contributed by atoms with Gasteiger partial charge in [-0.15, -0.1) is 11.3 Å². The van der Waals surface area contributed by atoms with E-state index >= 15 is 0 Å². The van der Waals surface area contributed by atoms with Gasteiger partial charge >= 0.3 is 0 Å². The van der Waals surface area contributed by atoms with Gasteiger partial charge in [-0.3, -0.25) is 0 Å². The fraction of sp³-hybridized carbons (Fsp3) is 0.545. The van der Waals surface area contributed by atoms with E-state index in [9.17, 15) is 0 Å². The average molecular weight is 284 g/mol. The van der Waals surface area contributed by atoms with Crippen LogP contribution in [0.5, 0.6) is 0 Å². The molecule has 0 saturated heterocycles. The van der Waals surface area contributed by atoms with Crippen LogP contribution in [0.2, 0.25) is 0 Å². The Kier molecular flexibility index (Phi) is 4.73. The Morgan fingerprint density at radius 2 is 2.28 bits per heavy atom. The third-order valence-corrected chi connectivity index (χ3v) is 4.14. The molecule has 0 spiro atoms. The summed E-state index contributed by atoms with van der Waals surface area (Å²) >= 11 is 3.36. The van der Waals surface area contributed by atoms with E-state index in [1.165, 1.54) is 0 Å². The molecule has 2 N–H and O–H groups in total. The van der Waals surface area contributed by atoms with Gasteiger partial charge in [-0.2, -0.15) is 16.7 Å². The van der Waals surface area contributed by atoms with E-state index < -0.39 is 0 Å². The van der Waals surface area contributed by atoms with E-state index in [1.54, 1.807) is 23.1 Å². The second-order valence-corrected chi connectivity index (χ2v) is 6.55. The summed E-state index contributed by atoms with van der Waals surface area (Å²) in [4.78, 5) is 8.75. The lowest BCUT2D eigenvalue weighted by atomic mass is 10.4. The Labute approximate surface area is 114 Å². The maximum atomic E-state index is 5.49. The summed E-state index contributed by atoms with van der Waals surface area (Å²) in [5.74, 6) is 1.98. The first-order valence-corrected chi connectivity index (χ1v) is 7.71. The quantitative estimate of drug-likeness (QED) is 0.877. The third kappa shape index (κ3) is 3.54. The summed E-state index contributed by atoms with van der Waals surface area (Å²) in [6, 6.07) is 0. The highest BCUT2D eigenvalue weighted by atomic mass is 32.2. The number of thiazole rings is 1. The summed E-state index contributed by atoms with van der Waals surface area (Å²) in [6.07, 6.45) is 0.787. The highest BCUT2D eigenvalue weighted by Crippen LogP contribution is 2.22. The van der Waals surface area contributed by atoms with E-state index in [0.29, 0.717) is 17.7 Å². The van der Waals surface area contributed by atoms with Gasteiger partial charge in [-0.25, -0.2) is 4.98 Å². The molecule has 5 nitrogen and oxygen atoms in total. The van der Waals surface area contributed by atoms with Crippen molar-refractivity contribution in [2.24, 2.45) is 5.73 Å². The Hall–Kier alpha value is -0.920. The highest BCUT2D eigenvalue weighted by Gasteiger charge is 2.12. The first-order chi connectivity index (χ1) is 8.69. The van der Waals surface area contributed by atoms with E-state index in [4.69, 9.17) is 10.3 Å². The molecule has 2 rings (SSSR count). The van der Waals surface area contributed by atoms with Gasteiger partial charge in [0, 0.05) is 11.8 Å². The van der Waals surface area contributed by atoms with Crippen molar-refractivity contribution >= 4 is 23.1 Å². The maximum absolute atomic E-state index is 5.49. The predicted molar refractivity (Wildman–Crippen MR) is 74.6 cm³/mol. The van der Waals surface area contributed by atoms with Crippen molar-refractivity contribution < 1.29 is 4.52 Å². The number of nitrogens with zero attached hydrogens (tertiary/aromatic N) is 3. The first kappa shape index (κ1) is 13.5. The molecular weight excluding hydrogens is 268 g/mol. The molecule has 0 saturated carbocycles. The summed E-state index contributed by atoms with van der Waals surface area (Å²) in [5.41, 5.74) is 6.24. The lowest BCUT2D eigenvalue weighted by Crippen LogP contribution is -2.01. The lowest BCUT2D eigenvalue weighted by Gasteiger charge is -1.98. The SMILES string of the molecule is CC(C)SCc1noc(-c2csc(CCN)n2)n1. The normalized spacial score (nSPS) is 11.3. The van der Waals surface area contributed by atoms with Gasteiger partial charge in [0.25, 0.3) is 5.89 Å². The Morgan fingerprint density at radius 3 is 3.00 bits per heavy atom. The van der Waals surface area contributed by atoms with Gasteiger partial charge in [0.05, 0.1) is 10.8 Å². The molecule has 0 aliphatic heterocycles. The molecule has 0 atom stereocenters. The summed E-state index contributed by atoms with van der Waals surface area (Å²) in [7, 11) is 0. The smallest absolute Gasteiger partial charge is 0.277 e. The van der Waals surface area contributed by atoms with Gasteiger partial charge in [0.1, 0.15) is 5.69 Å². The molecule has 0 aliphatic carbocycles. The van der Waals surface area contributed by atoms with Crippen LogP contribution in [0.25, 0.3) is 11.6 Å². The second kappa shape index (κ2) is 6.31. The minimum absolute atomic E-state index is 0.494. The number of thioether (sulfide) groups is 1. The molecule has 0 aliphatic rings. The number of nitrogens with two attached hydrogens (primary N) is 1. The first-order valence-electron chi connectivity index (χ1n) is 5.78. The molecule has 2 heterocycles. The Morgan fingerprint density at radius 1 is 1.44 bits per heavy atom. The van der Waals surface area contributed by atoms with Gasteiger partial charge in [-0.05, 0) is 11.8 Å². The molecule has 2 aromatic rings. The summed E-state index contributed by atoms with van der Waals surface area (Å²) in [5, 5.41) is 7.44. The Balaban J connectivity index is 2.04. The van der Waals surface area contributed by atoms with E-state index in [1.807, 2.05) is 5.38 Å². The summed E-state index contributed by atoms with van der Waals surface area (Å²) in [6.45, 7) is 4.89. The molecule has 2 aromatic heterocycles. The largest absolute Gasteiger partial charge is 0.332 e. The van der Waals surface area contributed by atoms with Crippen molar-refractivity contribution in [2.45, 2.75) is 31.3 Å². The molecule has 18 heavy (non-hydrogen) atoms. The van der Waals surface area contributed by atoms with E-state index in [2.05, 4.69) is 29.0 Å². The predicted octanol–water partition coefficient (Wildman–Crippen LogP) is 2.34. The van der Waals surface area contributed by atoms with Crippen molar-refractivity contribution in [3.63, 3.8) is 0 Å². The molecule has 0 aromatic carbocycles. The van der Waals surface area contributed by atoms with Crippen molar-refractivity contribution in [2.75, 3.05) is 6.54 Å². The van der Waals surface area contributed by atoms with E-state index in [-0.39, 0.29) is 0 Å². The van der Waals surface area contributed by atoms with Crippen LogP contribution in [0, 0.1) is 0 Å². The van der Waals surface area contributed by atoms with E-state index in [0.717, 1.165) is 28.7 Å². The van der Waals surface area contributed by atoms with Crippen molar-refractivity contribution in [1.82, 2.24) is 15.1 Å². The minimum atomic E-state index is 0.494. The number of hydrogen-bond donors (Lipinski definition) is 1. The average Bonchev–Trinajstić information content (AvgIpc) is 2.94. The van der Waals surface area contributed by atoms with Gasteiger partial charge in [0.2, 0.25) is 0 Å². The molecule has 0 radical (unpaired) electrons. The zero-order chi connectivity index (χ0) is 13.0. The zero-order valence-corrected chi connectivity index (χ0v) is 12.1. The topological polar surface area (TPSA) is 77.8 Å². The monoisotopic (exact) mass is 284 g/mol. The van der Waals surface area contributed by atoms with Crippen LogP contribution in [0.15, 0.2) is 9.90 Å². The Bertz CT molecular complexity index is 495. The molecule has 98 valence electrons. The van der Waals surface area contributed by atoms with Crippen molar-refractivity contribution in [1.29, 1.82) is 0 Å². The molecule has 0 bridgehead atoms. The van der Waals surface area contributed by atoms with Gasteiger partial charge in [-0.1, -0.05) is 19.0 Å². The van der Waals surface area contributed by atoms with Gasteiger partial charge in [0.15, 0.2) is 5.82 Å². The standard InChI is InChI=1S/C11H16N4OS2/c1-7(2)17-6-9-14-11(16-15-9)8-5-18-10(13-8)3-4-12/h5,7H,3-4,6,12H2,1-2H3. The highest BCUT2D eigenvalue weighted by molar-refractivity contribution is 7.99. The second-order valence-electron chi connectivity index (χ2n) is 4.04. The van der Waals surface area contributed by atoms with Crippen LogP contribution in [0.4, 0.5) is 0 Å². The number of rotatable bonds is 6. The zero-order valence-electron chi connectivity index (χ0n) is 10.4. The lowest BCUT2D eigenvalue weighted by molar-refractivity contribution is 0.424. The van der Waals surface area contributed by atoms with Gasteiger partial charge < -0.3 is 10.3 Å². The van der Waals surface area contributed by atoms with Crippen LogP contribution in [-0.2, 0) is 12.2 Å². The molecular formula is C11H16N4OS2. The maximum Gasteiger partial charge on any atom is 0.277 e. The third-order valence-electron chi connectivity index (χ3n) is 2.14. The van der Waals surface area contributed by atoms with Crippen molar-refractivity contribution in [3.8, 4) is 11.6 Å². The fourth-order valence-electron chi connectivity index (χ4n) is 1.31. The van der Waals surface area contributed by atoms with Crippen LogP contribution >= 0.6 is 23.1 Å². The van der Waals surface area contributed by atoms with Crippen LogP contribution in [-0.4, -0.2) is 26.9 Å². The number of hydrogen-bond acceptors (Lipinski definition) is 7. The van der Waals surface area contributed by atoms with Crippen LogP contribution in [0.1, 0.15) is 24.7 Å². The fourth-order valence-corrected chi connectivity index (χ4v) is 2.69.